The molecule has 1 aliphatic rings. The zero-order chi connectivity index (χ0) is 20.4. The Balaban J connectivity index is 1.33. The predicted octanol–water partition coefficient (Wildman–Crippen LogP) is 3.27. The number of benzene rings is 2. The van der Waals surface area contributed by atoms with Gasteiger partial charge in [0.1, 0.15) is 24.7 Å². The number of carbonyl (C=O) groups excluding carboxylic acids is 1. The summed E-state index contributed by atoms with van der Waals surface area (Å²) >= 11 is 0. The van der Waals surface area contributed by atoms with E-state index in [1.54, 1.807) is 0 Å². The summed E-state index contributed by atoms with van der Waals surface area (Å²) in [5, 5.41) is 2.75. The molecule has 1 saturated heterocycles. The highest BCUT2D eigenvalue weighted by molar-refractivity contribution is 5.88. The summed E-state index contributed by atoms with van der Waals surface area (Å²) in [5.74, 6) is 0.698. The van der Waals surface area contributed by atoms with E-state index in [4.69, 9.17) is 4.74 Å². The second-order valence-corrected chi connectivity index (χ2v) is 7.51. The fraction of sp³-hybridized carbons (Fsp3) is 0.364. The number of hydrogen-bond acceptors (Lipinski definition) is 4. The smallest absolute Gasteiger partial charge is 0.221 e. The number of imidazole rings is 1. The standard InChI is InChI=1S/C22H25FN4O2/c1-15(28)24-17-9-7-16(8-10-17)11-27-12-18(23)21(13-27)29-14-22-25-19-5-3-4-6-20(19)26(22)2/h3-10,18,21H,11-14H2,1-2H3,(H,24,28). The zero-order valence-electron chi connectivity index (χ0n) is 16.6. The molecule has 29 heavy (non-hydrogen) atoms. The highest BCUT2D eigenvalue weighted by Gasteiger charge is 2.33. The number of fused-ring (bicyclic) bond motifs is 1. The van der Waals surface area contributed by atoms with Gasteiger partial charge in [-0.25, -0.2) is 9.37 Å². The highest BCUT2D eigenvalue weighted by atomic mass is 19.1. The minimum absolute atomic E-state index is 0.0989. The summed E-state index contributed by atoms with van der Waals surface area (Å²) in [6.07, 6.45) is -1.49. The summed E-state index contributed by atoms with van der Waals surface area (Å²) in [7, 11) is 1.95. The van der Waals surface area contributed by atoms with Gasteiger partial charge < -0.3 is 14.6 Å². The molecule has 6 nitrogen and oxygen atoms in total. The Bertz CT molecular complexity index is 1000. The lowest BCUT2D eigenvalue weighted by Gasteiger charge is -2.16. The van der Waals surface area contributed by atoms with E-state index in [0.717, 1.165) is 28.1 Å². The van der Waals surface area contributed by atoms with Gasteiger partial charge in [0.25, 0.3) is 0 Å². The number of likely N-dealkylation sites (tertiary alicyclic amines) is 1. The minimum Gasteiger partial charge on any atom is -0.366 e. The van der Waals surface area contributed by atoms with Crippen LogP contribution in [-0.4, -0.2) is 45.7 Å². The number of nitrogens with one attached hydrogen (secondary N) is 1. The van der Waals surface area contributed by atoms with Gasteiger partial charge in [-0.3, -0.25) is 9.69 Å². The number of alkyl halides is 1. The molecule has 1 aliphatic heterocycles. The van der Waals surface area contributed by atoms with Crippen molar-refractivity contribution in [2.75, 3.05) is 18.4 Å². The van der Waals surface area contributed by atoms with Crippen LogP contribution in [0.1, 0.15) is 18.3 Å². The Hall–Kier alpha value is -2.77. The molecule has 0 saturated carbocycles. The maximum atomic E-state index is 14.5. The van der Waals surface area contributed by atoms with Crippen LogP contribution in [0.2, 0.25) is 0 Å². The molecule has 152 valence electrons. The van der Waals surface area contributed by atoms with Crippen LogP contribution in [0.3, 0.4) is 0 Å². The third-order valence-corrected chi connectivity index (χ3v) is 5.26. The minimum atomic E-state index is -1.02. The molecule has 4 rings (SSSR count). The molecule has 7 heteroatoms. The van der Waals surface area contributed by atoms with Crippen LogP contribution < -0.4 is 5.32 Å². The molecule has 0 aliphatic carbocycles. The number of nitrogens with zero attached hydrogens (tertiary/aromatic N) is 3. The number of hydrogen-bond donors (Lipinski definition) is 1. The third kappa shape index (κ3) is 4.46. The molecule has 2 unspecified atom stereocenters. The fourth-order valence-corrected chi connectivity index (χ4v) is 3.75. The molecule has 2 heterocycles. The molecule has 0 bridgehead atoms. The number of para-hydroxylation sites is 2. The summed E-state index contributed by atoms with van der Waals surface area (Å²) in [4.78, 5) is 17.7. The average molecular weight is 396 g/mol. The lowest BCUT2D eigenvalue weighted by Crippen LogP contribution is -2.25. The van der Waals surface area contributed by atoms with E-state index < -0.39 is 12.3 Å². The van der Waals surface area contributed by atoms with Gasteiger partial charge in [0.2, 0.25) is 5.91 Å². The van der Waals surface area contributed by atoms with Crippen LogP contribution in [0, 0.1) is 0 Å². The van der Waals surface area contributed by atoms with Crippen molar-refractivity contribution in [2.24, 2.45) is 7.05 Å². The molecule has 0 radical (unpaired) electrons. The monoisotopic (exact) mass is 396 g/mol. The lowest BCUT2D eigenvalue weighted by molar-refractivity contribution is -0.114. The molecular formula is C22H25FN4O2. The Morgan fingerprint density at radius 2 is 1.97 bits per heavy atom. The fourth-order valence-electron chi connectivity index (χ4n) is 3.75. The summed E-state index contributed by atoms with van der Waals surface area (Å²) in [5.41, 5.74) is 3.79. The van der Waals surface area contributed by atoms with Gasteiger partial charge in [-0.1, -0.05) is 24.3 Å². The van der Waals surface area contributed by atoms with Gasteiger partial charge in [0.15, 0.2) is 0 Å². The molecule has 1 amide bonds. The molecule has 2 aromatic carbocycles. The SMILES string of the molecule is CC(=O)Nc1ccc(CN2CC(F)C(OCc3nc4ccccc4n3C)C2)cc1. The van der Waals surface area contributed by atoms with Gasteiger partial charge in [-0.05, 0) is 29.8 Å². The molecular weight excluding hydrogens is 371 g/mol. The largest absolute Gasteiger partial charge is 0.366 e. The van der Waals surface area contributed by atoms with Crippen LogP contribution >= 0.6 is 0 Å². The van der Waals surface area contributed by atoms with E-state index in [1.165, 1.54) is 6.92 Å². The Labute approximate surface area is 169 Å². The van der Waals surface area contributed by atoms with Crippen molar-refractivity contribution in [1.82, 2.24) is 14.5 Å². The number of rotatable bonds is 6. The number of halogens is 1. The first-order valence-electron chi connectivity index (χ1n) is 9.74. The predicted molar refractivity (Wildman–Crippen MR) is 110 cm³/mol. The quantitative estimate of drug-likeness (QED) is 0.695. The normalized spacial score (nSPS) is 19.7. The number of amides is 1. The summed E-state index contributed by atoms with van der Waals surface area (Å²) in [6.45, 7) is 3.30. The van der Waals surface area contributed by atoms with Crippen LogP contribution in [0.4, 0.5) is 10.1 Å². The van der Waals surface area contributed by atoms with Crippen LogP contribution in [-0.2, 0) is 29.7 Å². The molecule has 3 aromatic rings. The van der Waals surface area contributed by atoms with E-state index in [9.17, 15) is 9.18 Å². The number of aryl methyl sites for hydroxylation is 1. The van der Waals surface area contributed by atoms with Crippen LogP contribution in [0.5, 0.6) is 0 Å². The van der Waals surface area contributed by atoms with Crippen molar-refractivity contribution in [3.05, 3.63) is 59.9 Å². The van der Waals surface area contributed by atoms with Crippen molar-refractivity contribution in [2.45, 2.75) is 32.4 Å². The third-order valence-electron chi connectivity index (χ3n) is 5.26. The van der Waals surface area contributed by atoms with E-state index in [-0.39, 0.29) is 12.5 Å². The lowest BCUT2D eigenvalue weighted by atomic mass is 10.2. The maximum Gasteiger partial charge on any atom is 0.221 e. The molecule has 1 N–H and O–H groups in total. The second kappa shape index (κ2) is 8.31. The highest BCUT2D eigenvalue weighted by Crippen LogP contribution is 2.22. The van der Waals surface area contributed by atoms with Crippen LogP contribution in [0.15, 0.2) is 48.5 Å². The van der Waals surface area contributed by atoms with Crippen molar-refractivity contribution < 1.29 is 13.9 Å². The van der Waals surface area contributed by atoms with E-state index >= 15 is 0 Å². The van der Waals surface area contributed by atoms with E-state index in [1.807, 2.05) is 60.1 Å². The first-order valence-corrected chi connectivity index (χ1v) is 9.74. The van der Waals surface area contributed by atoms with Gasteiger partial charge >= 0.3 is 0 Å². The summed E-state index contributed by atoms with van der Waals surface area (Å²) in [6, 6.07) is 15.5. The maximum absolute atomic E-state index is 14.5. The summed E-state index contributed by atoms with van der Waals surface area (Å²) < 4.78 is 22.4. The molecule has 2 atom stereocenters. The topological polar surface area (TPSA) is 59.4 Å². The zero-order valence-corrected chi connectivity index (χ0v) is 16.6. The van der Waals surface area contributed by atoms with Gasteiger partial charge in [0.05, 0.1) is 11.0 Å². The van der Waals surface area contributed by atoms with Crippen molar-refractivity contribution in [1.29, 1.82) is 0 Å². The van der Waals surface area contributed by atoms with E-state index in [0.29, 0.717) is 19.6 Å². The first-order chi connectivity index (χ1) is 14.0. The Morgan fingerprint density at radius 3 is 2.69 bits per heavy atom. The van der Waals surface area contributed by atoms with E-state index in [2.05, 4.69) is 15.2 Å². The van der Waals surface area contributed by atoms with Crippen LogP contribution in [0.25, 0.3) is 11.0 Å². The molecule has 1 aromatic heterocycles. The van der Waals surface area contributed by atoms with Crippen molar-refractivity contribution >= 4 is 22.6 Å². The molecule has 0 spiro atoms. The number of anilines is 1. The number of aromatic nitrogens is 2. The van der Waals surface area contributed by atoms with Crippen molar-refractivity contribution in [3.8, 4) is 0 Å². The Morgan fingerprint density at radius 1 is 1.21 bits per heavy atom. The molecule has 1 fully saturated rings. The Kier molecular flexibility index (Phi) is 5.60. The van der Waals surface area contributed by atoms with Crippen molar-refractivity contribution in [3.63, 3.8) is 0 Å². The number of ether oxygens (including phenoxy) is 1. The van der Waals surface area contributed by atoms with Gasteiger partial charge in [-0.2, -0.15) is 0 Å². The number of carbonyl (C=O) groups is 1. The average Bonchev–Trinajstić information content (AvgIpc) is 3.21. The van der Waals surface area contributed by atoms with Gasteiger partial charge in [-0.15, -0.1) is 0 Å². The van der Waals surface area contributed by atoms with Gasteiger partial charge in [0, 0.05) is 39.3 Å². The second-order valence-electron chi connectivity index (χ2n) is 7.51. The first kappa shape index (κ1) is 19.5.